The zero-order valence-electron chi connectivity index (χ0n) is 9.25. The van der Waals surface area contributed by atoms with E-state index in [2.05, 4.69) is 37.6 Å². The number of alkyl halides is 1. The van der Waals surface area contributed by atoms with Crippen LogP contribution < -0.4 is 0 Å². The summed E-state index contributed by atoms with van der Waals surface area (Å²) in [5.74, 6) is 2.30. The first-order valence-electron chi connectivity index (χ1n) is 5.85. The minimum absolute atomic E-state index is 0.698. The van der Waals surface area contributed by atoms with Crippen LogP contribution in [0, 0.1) is 0 Å². The van der Waals surface area contributed by atoms with Crippen LogP contribution in [0.1, 0.15) is 56.7 Å². The third kappa shape index (κ3) is 2.60. The van der Waals surface area contributed by atoms with Crippen LogP contribution in [-0.2, 0) is 11.8 Å². The molecule has 15 heavy (non-hydrogen) atoms. The second-order valence-electron chi connectivity index (χ2n) is 4.22. The Kier molecular flexibility index (Phi) is 3.78. The number of rotatable bonds is 6. The molecule has 84 valence electrons. The molecule has 0 unspecified atom stereocenters. The fraction of sp³-hybridized carbons (Fsp3) is 0.818. The molecule has 1 aliphatic rings. The predicted octanol–water partition coefficient (Wildman–Crippen LogP) is 3.24. The molecule has 2 rings (SSSR count). The van der Waals surface area contributed by atoms with Crippen molar-refractivity contribution < 1.29 is 0 Å². The lowest BCUT2D eigenvalue weighted by Crippen LogP contribution is -2.05. The van der Waals surface area contributed by atoms with Crippen LogP contribution in [0.5, 0.6) is 0 Å². The van der Waals surface area contributed by atoms with Crippen molar-refractivity contribution in [3.63, 3.8) is 0 Å². The van der Waals surface area contributed by atoms with E-state index in [1.54, 1.807) is 0 Å². The van der Waals surface area contributed by atoms with E-state index in [4.69, 9.17) is 0 Å². The van der Waals surface area contributed by atoms with Crippen LogP contribution in [0.4, 0.5) is 0 Å². The Hall–Kier alpha value is -0.380. The highest BCUT2D eigenvalue weighted by atomic mass is 79.9. The maximum Gasteiger partial charge on any atom is 0.143 e. The molecule has 1 fully saturated rings. The summed E-state index contributed by atoms with van der Waals surface area (Å²) in [6, 6.07) is 0.698. The Balaban J connectivity index is 2.05. The summed E-state index contributed by atoms with van der Waals surface area (Å²) >= 11 is 3.48. The normalized spacial score (nSPS) is 15.9. The summed E-state index contributed by atoms with van der Waals surface area (Å²) in [5.41, 5.74) is 0. The third-order valence-electron chi connectivity index (χ3n) is 2.87. The van der Waals surface area contributed by atoms with Gasteiger partial charge in [-0.2, -0.15) is 0 Å². The molecule has 0 amide bonds. The summed E-state index contributed by atoms with van der Waals surface area (Å²) < 4.78 is 2.35. The Morgan fingerprint density at radius 3 is 2.60 bits per heavy atom. The fourth-order valence-electron chi connectivity index (χ4n) is 1.91. The minimum Gasteiger partial charge on any atom is -0.311 e. The smallest absolute Gasteiger partial charge is 0.143 e. The van der Waals surface area contributed by atoms with Gasteiger partial charge in [-0.15, -0.1) is 10.2 Å². The minimum atomic E-state index is 0.698. The van der Waals surface area contributed by atoms with E-state index < -0.39 is 0 Å². The van der Waals surface area contributed by atoms with Crippen molar-refractivity contribution in [3.8, 4) is 0 Å². The van der Waals surface area contributed by atoms with E-state index in [1.165, 1.54) is 37.9 Å². The largest absolute Gasteiger partial charge is 0.311 e. The molecule has 0 bridgehead atoms. The van der Waals surface area contributed by atoms with Gasteiger partial charge in [0.2, 0.25) is 0 Å². The van der Waals surface area contributed by atoms with Crippen molar-refractivity contribution in [2.45, 2.75) is 56.8 Å². The number of nitrogens with zero attached hydrogens (tertiary/aromatic N) is 3. The van der Waals surface area contributed by atoms with Gasteiger partial charge in [-0.3, -0.25) is 0 Å². The SMILES string of the molecule is CCCCCc1nnc(CBr)n1C1CC1. The second kappa shape index (κ2) is 5.10. The molecule has 3 nitrogen and oxygen atoms in total. The average Bonchev–Trinajstić information content (AvgIpc) is 3.00. The van der Waals surface area contributed by atoms with E-state index in [1.807, 2.05) is 0 Å². The molecule has 0 aromatic carbocycles. The molecule has 0 aliphatic heterocycles. The van der Waals surface area contributed by atoms with E-state index >= 15 is 0 Å². The van der Waals surface area contributed by atoms with Gasteiger partial charge in [-0.25, -0.2) is 0 Å². The maximum absolute atomic E-state index is 4.30. The number of aromatic nitrogens is 3. The lowest BCUT2D eigenvalue weighted by Gasteiger charge is -2.06. The van der Waals surface area contributed by atoms with Crippen molar-refractivity contribution in [1.82, 2.24) is 14.8 Å². The molecule has 1 heterocycles. The lowest BCUT2D eigenvalue weighted by atomic mass is 10.2. The average molecular weight is 272 g/mol. The van der Waals surface area contributed by atoms with E-state index in [-0.39, 0.29) is 0 Å². The Morgan fingerprint density at radius 1 is 1.27 bits per heavy atom. The highest BCUT2D eigenvalue weighted by Crippen LogP contribution is 2.37. The summed E-state index contributed by atoms with van der Waals surface area (Å²) in [6.07, 6.45) is 7.50. The van der Waals surface area contributed by atoms with Crippen LogP contribution >= 0.6 is 15.9 Å². The van der Waals surface area contributed by atoms with Crippen molar-refractivity contribution >= 4 is 15.9 Å². The molecule has 0 radical (unpaired) electrons. The first-order valence-corrected chi connectivity index (χ1v) is 6.97. The third-order valence-corrected chi connectivity index (χ3v) is 3.37. The standard InChI is InChI=1S/C11H18BrN3/c1-2-3-4-5-10-13-14-11(8-12)15(10)9-6-7-9/h9H,2-8H2,1H3. The monoisotopic (exact) mass is 271 g/mol. The van der Waals surface area contributed by atoms with Crippen molar-refractivity contribution in [2.75, 3.05) is 0 Å². The Bertz CT molecular complexity index is 318. The van der Waals surface area contributed by atoms with Gasteiger partial charge in [-0.05, 0) is 19.3 Å². The number of aryl methyl sites for hydroxylation is 1. The molecule has 1 aromatic heterocycles. The van der Waals surface area contributed by atoms with Gasteiger partial charge in [-0.1, -0.05) is 35.7 Å². The number of unbranched alkanes of at least 4 members (excludes halogenated alkanes) is 2. The molecule has 0 atom stereocenters. The predicted molar refractivity (Wildman–Crippen MR) is 64.2 cm³/mol. The maximum atomic E-state index is 4.30. The molecule has 0 spiro atoms. The first kappa shape index (κ1) is 11.1. The zero-order valence-corrected chi connectivity index (χ0v) is 10.8. The molecule has 0 N–H and O–H groups in total. The lowest BCUT2D eigenvalue weighted by molar-refractivity contribution is 0.622. The first-order chi connectivity index (χ1) is 7.36. The molecular weight excluding hydrogens is 254 g/mol. The molecule has 4 heteroatoms. The van der Waals surface area contributed by atoms with E-state index in [0.717, 1.165) is 17.6 Å². The van der Waals surface area contributed by atoms with Gasteiger partial charge in [0.15, 0.2) is 0 Å². The second-order valence-corrected chi connectivity index (χ2v) is 4.79. The van der Waals surface area contributed by atoms with E-state index in [0.29, 0.717) is 6.04 Å². The fourth-order valence-corrected chi connectivity index (χ4v) is 2.29. The van der Waals surface area contributed by atoms with Gasteiger partial charge in [0.05, 0.1) is 5.33 Å². The Labute approximate surface area is 99.4 Å². The number of hydrogen-bond donors (Lipinski definition) is 0. The van der Waals surface area contributed by atoms with Crippen molar-refractivity contribution in [3.05, 3.63) is 11.6 Å². The molecule has 1 aromatic rings. The van der Waals surface area contributed by atoms with Gasteiger partial charge < -0.3 is 4.57 Å². The topological polar surface area (TPSA) is 30.7 Å². The molecule has 0 saturated heterocycles. The van der Waals surface area contributed by atoms with Crippen molar-refractivity contribution in [1.29, 1.82) is 0 Å². The molecular formula is C11H18BrN3. The highest BCUT2D eigenvalue weighted by molar-refractivity contribution is 9.08. The summed E-state index contributed by atoms with van der Waals surface area (Å²) in [4.78, 5) is 0. The van der Waals surface area contributed by atoms with Crippen molar-refractivity contribution in [2.24, 2.45) is 0 Å². The van der Waals surface area contributed by atoms with Gasteiger partial charge in [0.1, 0.15) is 11.6 Å². The van der Waals surface area contributed by atoms with Gasteiger partial charge in [0, 0.05) is 12.5 Å². The van der Waals surface area contributed by atoms with Gasteiger partial charge in [0.25, 0.3) is 0 Å². The Morgan fingerprint density at radius 2 is 2.00 bits per heavy atom. The zero-order chi connectivity index (χ0) is 10.7. The summed E-state index contributed by atoms with van der Waals surface area (Å²) in [6.45, 7) is 2.23. The van der Waals surface area contributed by atoms with Gasteiger partial charge >= 0.3 is 0 Å². The van der Waals surface area contributed by atoms with Crippen LogP contribution in [-0.4, -0.2) is 14.8 Å². The highest BCUT2D eigenvalue weighted by Gasteiger charge is 2.28. The van der Waals surface area contributed by atoms with E-state index in [9.17, 15) is 0 Å². The number of halogens is 1. The van der Waals surface area contributed by atoms with Crippen LogP contribution in [0.2, 0.25) is 0 Å². The molecule has 1 aliphatic carbocycles. The summed E-state index contributed by atoms with van der Waals surface area (Å²) in [7, 11) is 0. The van der Waals surface area contributed by atoms with Crippen LogP contribution in [0.3, 0.4) is 0 Å². The van der Waals surface area contributed by atoms with Crippen LogP contribution in [0.15, 0.2) is 0 Å². The number of hydrogen-bond acceptors (Lipinski definition) is 2. The summed E-state index contributed by atoms with van der Waals surface area (Å²) in [5, 5.41) is 9.37. The quantitative estimate of drug-likeness (QED) is 0.588. The van der Waals surface area contributed by atoms with Crippen LogP contribution in [0.25, 0.3) is 0 Å². The molecule has 1 saturated carbocycles.